The van der Waals surface area contributed by atoms with Gasteiger partial charge in [0.05, 0.1) is 22.7 Å². The van der Waals surface area contributed by atoms with Crippen molar-refractivity contribution in [1.29, 1.82) is 0 Å². The first-order valence-corrected chi connectivity index (χ1v) is 4.64. The summed E-state index contributed by atoms with van der Waals surface area (Å²) in [6, 6.07) is 3.02. The molecule has 0 aromatic heterocycles. The first kappa shape index (κ1) is 11.7. The standard InChI is InChI=1S/C10H7Cl2NO2/c1-15-10(14)3-2-7-8(11)4-6(13)5-9(7)12/h4-5H,13H2,1H3. The van der Waals surface area contributed by atoms with E-state index < -0.39 is 5.97 Å². The van der Waals surface area contributed by atoms with E-state index in [1.54, 1.807) is 0 Å². The van der Waals surface area contributed by atoms with Crippen molar-refractivity contribution >= 4 is 34.9 Å². The number of halogens is 2. The van der Waals surface area contributed by atoms with Crippen LogP contribution in [0.1, 0.15) is 5.56 Å². The second kappa shape index (κ2) is 4.92. The Morgan fingerprint density at radius 1 is 1.40 bits per heavy atom. The molecule has 0 bridgehead atoms. The molecule has 5 heteroatoms. The summed E-state index contributed by atoms with van der Waals surface area (Å²) in [5.41, 5.74) is 6.30. The SMILES string of the molecule is COC(=O)C#Cc1c(Cl)cc(N)cc1Cl. The van der Waals surface area contributed by atoms with Gasteiger partial charge in [-0.15, -0.1) is 0 Å². The van der Waals surface area contributed by atoms with Crippen LogP contribution in [0.3, 0.4) is 0 Å². The molecule has 0 radical (unpaired) electrons. The number of methoxy groups -OCH3 is 1. The van der Waals surface area contributed by atoms with Gasteiger partial charge in [-0.3, -0.25) is 0 Å². The predicted molar refractivity (Wildman–Crippen MR) is 59.8 cm³/mol. The van der Waals surface area contributed by atoms with Gasteiger partial charge in [0.1, 0.15) is 0 Å². The van der Waals surface area contributed by atoms with Gasteiger partial charge < -0.3 is 10.5 Å². The molecule has 3 nitrogen and oxygen atoms in total. The predicted octanol–water partition coefficient (Wildman–Crippen LogP) is 2.10. The second-order valence-corrected chi connectivity index (χ2v) is 3.42. The Bertz CT molecular complexity index is 437. The Hall–Kier alpha value is -1.37. The number of rotatable bonds is 0. The molecule has 0 saturated heterocycles. The molecule has 0 heterocycles. The molecule has 15 heavy (non-hydrogen) atoms. The quantitative estimate of drug-likeness (QED) is 0.432. The van der Waals surface area contributed by atoms with Crippen LogP contribution in [0.15, 0.2) is 12.1 Å². The van der Waals surface area contributed by atoms with Gasteiger partial charge >= 0.3 is 5.97 Å². The first-order chi connectivity index (χ1) is 7.04. The number of ether oxygens (including phenoxy) is 1. The third kappa shape index (κ3) is 3.05. The molecule has 0 atom stereocenters. The van der Waals surface area contributed by atoms with E-state index in [2.05, 4.69) is 16.6 Å². The van der Waals surface area contributed by atoms with E-state index in [0.717, 1.165) is 0 Å². The highest BCUT2D eigenvalue weighted by atomic mass is 35.5. The number of anilines is 1. The fraction of sp³-hybridized carbons (Fsp3) is 0.100. The molecule has 1 aromatic carbocycles. The van der Waals surface area contributed by atoms with Crippen LogP contribution in [-0.4, -0.2) is 13.1 Å². The zero-order chi connectivity index (χ0) is 11.4. The number of carbonyl (C=O) groups is 1. The summed E-state index contributed by atoms with van der Waals surface area (Å²) in [4.78, 5) is 10.8. The number of esters is 1. The lowest BCUT2D eigenvalue weighted by atomic mass is 10.2. The van der Waals surface area contributed by atoms with E-state index in [-0.39, 0.29) is 0 Å². The van der Waals surface area contributed by atoms with Gasteiger partial charge in [-0.05, 0) is 12.1 Å². The monoisotopic (exact) mass is 243 g/mol. The van der Waals surface area contributed by atoms with Gasteiger partial charge in [0.15, 0.2) is 0 Å². The molecule has 0 aliphatic rings. The van der Waals surface area contributed by atoms with Crippen molar-refractivity contribution in [2.45, 2.75) is 0 Å². The van der Waals surface area contributed by atoms with E-state index in [9.17, 15) is 4.79 Å². The highest BCUT2D eigenvalue weighted by molar-refractivity contribution is 6.37. The van der Waals surface area contributed by atoms with Gasteiger partial charge in [0.2, 0.25) is 0 Å². The minimum absolute atomic E-state index is 0.302. The summed E-state index contributed by atoms with van der Waals surface area (Å²) >= 11 is 11.7. The summed E-state index contributed by atoms with van der Waals surface area (Å²) in [6.45, 7) is 0. The first-order valence-electron chi connectivity index (χ1n) is 3.89. The molecule has 0 fully saturated rings. The smallest absolute Gasteiger partial charge is 0.384 e. The molecule has 2 N–H and O–H groups in total. The average molecular weight is 244 g/mol. The molecule has 78 valence electrons. The van der Waals surface area contributed by atoms with Gasteiger partial charge in [0.25, 0.3) is 0 Å². The van der Waals surface area contributed by atoms with E-state index >= 15 is 0 Å². The van der Waals surface area contributed by atoms with Crippen LogP contribution in [0.2, 0.25) is 10.0 Å². The zero-order valence-electron chi connectivity index (χ0n) is 7.80. The molecule has 0 aliphatic carbocycles. The van der Waals surface area contributed by atoms with E-state index in [1.165, 1.54) is 19.2 Å². The van der Waals surface area contributed by atoms with Crippen molar-refractivity contribution in [2.75, 3.05) is 12.8 Å². The average Bonchev–Trinajstić information content (AvgIpc) is 2.15. The maximum Gasteiger partial charge on any atom is 0.384 e. The van der Waals surface area contributed by atoms with Crippen LogP contribution >= 0.6 is 23.2 Å². The number of hydrogen-bond acceptors (Lipinski definition) is 3. The summed E-state index contributed by atoms with van der Waals surface area (Å²) in [7, 11) is 1.24. The van der Waals surface area contributed by atoms with Crippen molar-refractivity contribution in [1.82, 2.24) is 0 Å². The van der Waals surface area contributed by atoms with Crippen molar-refractivity contribution in [3.8, 4) is 11.8 Å². The molecule has 0 spiro atoms. The minimum atomic E-state index is -0.654. The molecule has 0 amide bonds. The lowest BCUT2D eigenvalue weighted by Crippen LogP contribution is -1.95. The molecule has 0 saturated carbocycles. The molecule has 1 aromatic rings. The normalized spacial score (nSPS) is 9.00. The van der Waals surface area contributed by atoms with E-state index in [0.29, 0.717) is 21.3 Å². The maximum absolute atomic E-state index is 10.8. The zero-order valence-corrected chi connectivity index (χ0v) is 9.32. The number of nitrogen functional groups attached to an aromatic ring is 1. The van der Waals surface area contributed by atoms with E-state index in [4.69, 9.17) is 28.9 Å². The summed E-state index contributed by atoms with van der Waals surface area (Å²) in [5, 5.41) is 0.604. The van der Waals surface area contributed by atoms with E-state index in [1.807, 2.05) is 0 Å². The third-order valence-corrected chi connectivity index (χ3v) is 2.14. The van der Waals surface area contributed by atoms with Crippen molar-refractivity contribution in [3.63, 3.8) is 0 Å². The van der Waals surface area contributed by atoms with Crippen LogP contribution in [0.5, 0.6) is 0 Å². The highest BCUT2D eigenvalue weighted by Gasteiger charge is 2.04. The molecule has 0 aliphatic heterocycles. The van der Waals surface area contributed by atoms with Gasteiger partial charge in [-0.1, -0.05) is 29.1 Å². The van der Waals surface area contributed by atoms with Crippen LogP contribution in [0.4, 0.5) is 5.69 Å². The van der Waals surface area contributed by atoms with Gasteiger partial charge in [-0.2, -0.15) is 0 Å². The summed E-state index contributed by atoms with van der Waals surface area (Å²) < 4.78 is 4.35. The lowest BCUT2D eigenvalue weighted by Gasteiger charge is -2.00. The van der Waals surface area contributed by atoms with Crippen molar-refractivity contribution in [2.24, 2.45) is 0 Å². The largest absolute Gasteiger partial charge is 0.459 e. The Labute approximate surface area is 97.1 Å². The lowest BCUT2D eigenvalue weighted by molar-refractivity contribution is -0.133. The third-order valence-electron chi connectivity index (χ3n) is 1.54. The molecule has 1 rings (SSSR count). The maximum atomic E-state index is 10.8. The fourth-order valence-electron chi connectivity index (χ4n) is 0.877. The molecular weight excluding hydrogens is 237 g/mol. The van der Waals surface area contributed by atoms with Crippen LogP contribution < -0.4 is 5.73 Å². The number of benzene rings is 1. The van der Waals surface area contributed by atoms with Crippen LogP contribution in [0.25, 0.3) is 0 Å². The Balaban J connectivity index is 3.14. The number of carbonyl (C=O) groups excluding carboxylic acids is 1. The Kier molecular flexibility index (Phi) is 3.84. The Morgan fingerprint density at radius 2 is 1.93 bits per heavy atom. The minimum Gasteiger partial charge on any atom is -0.459 e. The van der Waals surface area contributed by atoms with Gasteiger partial charge in [0, 0.05) is 11.6 Å². The van der Waals surface area contributed by atoms with Crippen LogP contribution in [-0.2, 0) is 9.53 Å². The van der Waals surface area contributed by atoms with Crippen molar-refractivity contribution in [3.05, 3.63) is 27.7 Å². The molecular formula is C10H7Cl2NO2. The van der Waals surface area contributed by atoms with Gasteiger partial charge in [-0.25, -0.2) is 4.79 Å². The highest BCUT2D eigenvalue weighted by Crippen LogP contribution is 2.26. The Morgan fingerprint density at radius 3 is 2.40 bits per heavy atom. The van der Waals surface area contributed by atoms with Crippen molar-refractivity contribution < 1.29 is 9.53 Å². The summed E-state index contributed by atoms with van der Waals surface area (Å²) in [6.07, 6.45) is 0. The van der Waals surface area contributed by atoms with Crippen LogP contribution in [0, 0.1) is 11.8 Å². The second-order valence-electron chi connectivity index (χ2n) is 2.60. The number of hydrogen-bond donors (Lipinski definition) is 1. The topological polar surface area (TPSA) is 52.3 Å². The fourth-order valence-corrected chi connectivity index (χ4v) is 1.48. The number of nitrogens with two attached hydrogens (primary N) is 1. The molecule has 0 unspecified atom stereocenters. The summed E-state index contributed by atoms with van der Waals surface area (Å²) in [5.74, 6) is 4.09.